The largest absolute Gasteiger partial charge is 0.481 e. The first-order chi connectivity index (χ1) is 12.9. The molecule has 0 radical (unpaired) electrons. The summed E-state index contributed by atoms with van der Waals surface area (Å²) in [7, 11) is 0. The number of hydrogen-bond donors (Lipinski definition) is 1. The van der Waals surface area contributed by atoms with E-state index in [0.717, 1.165) is 16.2 Å². The Balaban J connectivity index is 1.74. The maximum Gasteiger partial charge on any atom is 0.304 e. The van der Waals surface area contributed by atoms with E-state index in [2.05, 4.69) is 9.98 Å². The summed E-state index contributed by atoms with van der Waals surface area (Å²) in [6, 6.07) is 7.84. The second kappa shape index (κ2) is 6.97. The predicted octanol–water partition coefficient (Wildman–Crippen LogP) is 4.98. The van der Waals surface area contributed by atoms with E-state index in [1.807, 2.05) is 24.3 Å². The number of nitrogens with zero attached hydrogens (tertiary/aromatic N) is 2. The normalized spacial score (nSPS) is 16.3. The molecule has 0 saturated heterocycles. The van der Waals surface area contributed by atoms with Gasteiger partial charge in [-0.3, -0.25) is 9.79 Å². The molecule has 1 aliphatic heterocycles. The number of thioether (sulfide) groups is 1. The molecule has 1 atom stereocenters. The highest BCUT2D eigenvalue weighted by atomic mass is 32.2. The van der Waals surface area contributed by atoms with Gasteiger partial charge in [0.1, 0.15) is 11.3 Å². The minimum absolute atomic E-state index is 0.0665. The molecule has 0 amide bonds. The first kappa shape index (κ1) is 18.0. The zero-order valence-corrected chi connectivity index (χ0v) is 15.2. The third-order valence-corrected chi connectivity index (χ3v) is 6.41. The minimum atomic E-state index is -1.29. The van der Waals surface area contributed by atoms with E-state index < -0.39 is 28.7 Å². The standard InChI is InChI=1S/C18H11F3N2O2S2/c19-8-5-9(20)18-17(16(8)21)23-14(27-18)6-11-13(7-15(24)25)26-12-4-2-1-3-10(12)22-11/h1-5,13H,6-7H2,(H,24,25). The second-order valence-corrected chi connectivity index (χ2v) is 8.22. The fraction of sp³-hybridized carbons (Fsp3) is 0.167. The molecule has 0 spiro atoms. The van der Waals surface area contributed by atoms with Gasteiger partial charge in [0.15, 0.2) is 11.6 Å². The molecule has 2 aromatic carbocycles. The first-order valence-corrected chi connectivity index (χ1v) is 9.60. The molecule has 3 aromatic rings. The average molecular weight is 408 g/mol. The zero-order valence-electron chi connectivity index (χ0n) is 13.6. The Morgan fingerprint density at radius 2 is 1.96 bits per heavy atom. The highest BCUT2D eigenvalue weighted by molar-refractivity contribution is 8.01. The summed E-state index contributed by atoms with van der Waals surface area (Å²) in [6.45, 7) is 0. The molecule has 4 nitrogen and oxygen atoms in total. The summed E-state index contributed by atoms with van der Waals surface area (Å²) in [5.41, 5.74) is 0.914. The van der Waals surface area contributed by atoms with E-state index >= 15 is 0 Å². The molecule has 1 unspecified atom stereocenters. The highest BCUT2D eigenvalue weighted by Crippen LogP contribution is 2.40. The van der Waals surface area contributed by atoms with Crippen molar-refractivity contribution in [3.63, 3.8) is 0 Å². The summed E-state index contributed by atoms with van der Waals surface area (Å²) in [5, 5.41) is 9.12. The molecule has 1 aromatic heterocycles. The lowest BCUT2D eigenvalue weighted by Crippen LogP contribution is -2.24. The Labute approximate surface area is 159 Å². The van der Waals surface area contributed by atoms with Crippen LogP contribution in [0.5, 0.6) is 0 Å². The Morgan fingerprint density at radius 3 is 2.74 bits per heavy atom. The van der Waals surface area contributed by atoms with Gasteiger partial charge in [0.25, 0.3) is 0 Å². The summed E-state index contributed by atoms with van der Waals surface area (Å²) in [6.07, 6.45) is -0.000787. The molecular weight excluding hydrogens is 397 g/mol. The third-order valence-electron chi connectivity index (χ3n) is 4.02. The summed E-state index contributed by atoms with van der Waals surface area (Å²) in [4.78, 5) is 20.7. The van der Waals surface area contributed by atoms with Gasteiger partial charge >= 0.3 is 5.97 Å². The second-order valence-electron chi connectivity index (χ2n) is 5.89. The van der Waals surface area contributed by atoms with Crippen molar-refractivity contribution < 1.29 is 23.1 Å². The van der Waals surface area contributed by atoms with Crippen molar-refractivity contribution in [2.75, 3.05) is 0 Å². The van der Waals surface area contributed by atoms with E-state index in [9.17, 15) is 23.1 Å². The van der Waals surface area contributed by atoms with Gasteiger partial charge in [-0.05, 0) is 12.1 Å². The number of benzene rings is 2. The maximum atomic E-state index is 13.9. The third kappa shape index (κ3) is 3.44. The van der Waals surface area contributed by atoms with Gasteiger partial charge in [0.05, 0.1) is 27.1 Å². The molecule has 0 fully saturated rings. The molecule has 9 heteroatoms. The number of fused-ring (bicyclic) bond motifs is 2. The van der Waals surface area contributed by atoms with Gasteiger partial charge in [-0.25, -0.2) is 18.2 Å². The van der Waals surface area contributed by atoms with Crippen LogP contribution in [0.2, 0.25) is 0 Å². The smallest absolute Gasteiger partial charge is 0.304 e. The van der Waals surface area contributed by atoms with Gasteiger partial charge in [-0.15, -0.1) is 23.1 Å². The lowest BCUT2D eigenvalue weighted by molar-refractivity contribution is -0.136. The average Bonchev–Trinajstić information content (AvgIpc) is 3.04. The van der Waals surface area contributed by atoms with Crippen LogP contribution in [0.15, 0.2) is 40.2 Å². The maximum absolute atomic E-state index is 13.9. The van der Waals surface area contributed by atoms with Crippen molar-refractivity contribution in [1.82, 2.24) is 4.98 Å². The summed E-state index contributed by atoms with van der Waals surface area (Å²) in [5.74, 6) is -4.33. The number of hydrogen-bond acceptors (Lipinski definition) is 5. The lowest BCUT2D eigenvalue weighted by Gasteiger charge is -2.22. The number of carbonyl (C=O) groups is 1. The zero-order chi connectivity index (χ0) is 19.1. The molecule has 0 aliphatic carbocycles. The van der Waals surface area contributed by atoms with Gasteiger partial charge in [-0.1, -0.05) is 12.1 Å². The lowest BCUT2D eigenvalue weighted by atomic mass is 10.1. The fourth-order valence-corrected chi connectivity index (χ4v) is 5.00. The molecule has 2 heterocycles. The number of carboxylic acids is 1. The quantitative estimate of drug-likeness (QED) is 0.619. The first-order valence-electron chi connectivity index (χ1n) is 7.90. The van der Waals surface area contributed by atoms with E-state index in [1.54, 1.807) is 0 Å². The molecule has 0 bridgehead atoms. The molecular formula is C18H11F3N2O2S2. The number of carboxylic acid groups (broad SMARTS) is 1. The van der Waals surface area contributed by atoms with Gasteiger partial charge in [0, 0.05) is 23.1 Å². The number of aromatic nitrogens is 1. The number of halogens is 3. The van der Waals surface area contributed by atoms with Crippen LogP contribution in [0.4, 0.5) is 18.9 Å². The van der Waals surface area contributed by atoms with E-state index in [-0.39, 0.29) is 23.1 Å². The van der Waals surface area contributed by atoms with E-state index in [0.29, 0.717) is 22.5 Å². The number of thiazole rings is 1. The molecule has 4 rings (SSSR count). The summed E-state index contributed by atoms with van der Waals surface area (Å²) < 4.78 is 41.2. The van der Waals surface area contributed by atoms with Gasteiger partial charge in [0.2, 0.25) is 0 Å². The van der Waals surface area contributed by atoms with Crippen LogP contribution in [-0.2, 0) is 11.2 Å². The monoisotopic (exact) mass is 408 g/mol. The van der Waals surface area contributed by atoms with Gasteiger partial charge in [-0.2, -0.15) is 0 Å². The van der Waals surface area contributed by atoms with Crippen LogP contribution in [-0.4, -0.2) is 27.0 Å². The Morgan fingerprint density at radius 1 is 1.19 bits per heavy atom. The summed E-state index contributed by atoms with van der Waals surface area (Å²) >= 11 is 2.30. The Kier molecular flexibility index (Phi) is 4.65. The van der Waals surface area contributed by atoms with Crippen molar-refractivity contribution >= 4 is 50.7 Å². The van der Waals surface area contributed by atoms with E-state index in [1.165, 1.54) is 11.8 Å². The molecule has 0 saturated carbocycles. The van der Waals surface area contributed by atoms with Crippen molar-refractivity contribution in [3.8, 4) is 0 Å². The van der Waals surface area contributed by atoms with Crippen molar-refractivity contribution in [2.45, 2.75) is 23.0 Å². The van der Waals surface area contributed by atoms with Crippen LogP contribution in [0.25, 0.3) is 10.2 Å². The number of aliphatic imine (C=N–C) groups is 1. The molecule has 138 valence electrons. The fourth-order valence-electron chi connectivity index (χ4n) is 2.83. The topological polar surface area (TPSA) is 62.5 Å². The SMILES string of the molecule is O=C(O)CC1Sc2ccccc2N=C1Cc1nc2c(F)c(F)cc(F)c2s1. The van der Waals surface area contributed by atoms with Crippen LogP contribution in [0.3, 0.4) is 0 Å². The van der Waals surface area contributed by atoms with Gasteiger partial charge < -0.3 is 5.11 Å². The van der Waals surface area contributed by atoms with E-state index in [4.69, 9.17) is 0 Å². The number of aliphatic carboxylic acids is 1. The Bertz CT molecular complexity index is 1100. The predicted molar refractivity (Wildman–Crippen MR) is 98.6 cm³/mol. The number of rotatable bonds is 4. The van der Waals surface area contributed by atoms with Crippen LogP contribution < -0.4 is 0 Å². The molecule has 1 aliphatic rings. The van der Waals surface area contributed by atoms with Crippen LogP contribution in [0.1, 0.15) is 11.4 Å². The van der Waals surface area contributed by atoms with Crippen molar-refractivity contribution in [3.05, 3.63) is 52.8 Å². The van der Waals surface area contributed by atoms with Crippen molar-refractivity contribution in [1.29, 1.82) is 0 Å². The molecule has 1 N–H and O–H groups in total. The van der Waals surface area contributed by atoms with Crippen molar-refractivity contribution in [2.24, 2.45) is 4.99 Å². The van der Waals surface area contributed by atoms with Crippen LogP contribution in [0, 0.1) is 17.5 Å². The molecule has 27 heavy (non-hydrogen) atoms. The Hall–Kier alpha value is -2.39. The highest BCUT2D eigenvalue weighted by Gasteiger charge is 2.27. The minimum Gasteiger partial charge on any atom is -0.481 e. The van der Waals surface area contributed by atoms with Crippen LogP contribution >= 0.6 is 23.1 Å². The number of para-hydroxylation sites is 1.